The molecule has 1 aromatic rings. The molecule has 2 rings (SSSR count). The number of rotatable bonds is 4. The molecule has 1 aromatic heterocycles. The average Bonchev–Trinajstić information content (AvgIpc) is 2.79. The van der Waals surface area contributed by atoms with Gasteiger partial charge in [0.25, 0.3) is 5.91 Å². The summed E-state index contributed by atoms with van der Waals surface area (Å²) in [4.78, 5) is 17.6. The second-order valence-corrected chi connectivity index (χ2v) is 5.98. The highest BCUT2D eigenvalue weighted by Gasteiger charge is 2.31. The third-order valence-electron chi connectivity index (χ3n) is 4.49. The summed E-state index contributed by atoms with van der Waals surface area (Å²) >= 11 is 0. The normalized spacial score (nSPS) is 25.5. The van der Waals surface area contributed by atoms with Crippen molar-refractivity contribution in [3.8, 4) is 0 Å². The van der Waals surface area contributed by atoms with Crippen molar-refractivity contribution in [1.29, 1.82) is 0 Å². The van der Waals surface area contributed by atoms with Gasteiger partial charge in [0.05, 0.1) is 0 Å². The molecule has 1 N–H and O–H groups in total. The van der Waals surface area contributed by atoms with E-state index in [0.717, 1.165) is 11.6 Å². The molecule has 3 atom stereocenters. The molecule has 4 heteroatoms. The number of pyridine rings is 1. The van der Waals surface area contributed by atoms with Crippen molar-refractivity contribution in [3.63, 3.8) is 0 Å². The lowest BCUT2D eigenvalue weighted by Gasteiger charge is -2.22. The molecule has 1 aliphatic rings. The molecule has 110 valence electrons. The van der Waals surface area contributed by atoms with Crippen LogP contribution in [0, 0.1) is 11.8 Å². The molecule has 0 saturated heterocycles. The summed E-state index contributed by atoms with van der Waals surface area (Å²) in [6.45, 7) is 4.59. The molecular weight excluding hydrogens is 250 g/mol. The van der Waals surface area contributed by atoms with Crippen molar-refractivity contribution in [2.24, 2.45) is 11.8 Å². The summed E-state index contributed by atoms with van der Waals surface area (Å²) in [5.74, 6) is 1.44. The van der Waals surface area contributed by atoms with Gasteiger partial charge in [-0.15, -0.1) is 0 Å². The van der Waals surface area contributed by atoms with Crippen LogP contribution in [0.3, 0.4) is 0 Å². The van der Waals surface area contributed by atoms with Gasteiger partial charge < -0.3 is 10.2 Å². The molecule has 1 fully saturated rings. The Morgan fingerprint density at radius 1 is 1.45 bits per heavy atom. The standard InChI is InChI=1S/C16H25N3O/c1-5-12-6-7-14(11(12)2)18-13-8-9-17-15(10-13)16(20)19(3)4/h8-12,14H,5-7H2,1-4H3,(H,17,18). The first-order chi connectivity index (χ1) is 9.52. The van der Waals surface area contributed by atoms with Gasteiger partial charge in [0.1, 0.15) is 5.69 Å². The van der Waals surface area contributed by atoms with Gasteiger partial charge in [-0.2, -0.15) is 0 Å². The van der Waals surface area contributed by atoms with Crippen molar-refractivity contribution >= 4 is 11.6 Å². The molecular formula is C16H25N3O. The van der Waals surface area contributed by atoms with E-state index in [4.69, 9.17) is 0 Å². The van der Waals surface area contributed by atoms with E-state index in [0.29, 0.717) is 17.7 Å². The van der Waals surface area contributed by atoms with Crippen LogP contribution in [0.1, 0.15) is 43.6 Å². The summed E-state index contributed by atoms with van der Waals surface area (Å²) in [5, 5.41) is 3.58. The number of carbonyl (C=O) groups excluding carboxylic acids is 1. The Morgan fingerprint density at radius 3 is 2.80 bits per heavy atom. The van der Waals surface area contributed by atoms with Crippen molar-refractivity contribution < 1.29 is 4.79 Å². The number of amides is 1. The average molecular weight is 275 g/mol. The van der Waals surface area contributed by atoms with E-state index in [2.05, 4.69) is 24.1 Å². The van der Waals surface area contributed by atoms with Gasteiger partial charge in [-0.05, 0) is 36.8 Å². The van der Waals surface area contributed by atoms with Gasteiger partial charge >= 0.3 is 0 Å². The van der Waals surface area contributed by atoms with E-state index in [9.17, 15) is 4.79 Å². The smallest absolute Gasteiger partial charge is 0.272 e. The van der Waals surface area contributed by atoms with Crippen LogP contribution in [0.2, 0.25) is 0 Å². The Morgan fingerprint density at radius 2 is 2.20 bits per heavy atom. The number of anilines is 1. The Kier molecular flexibility index (Phi) is 4.63. The maximum absolute atomic E-state index is 11.9. The second-order valence-electron chi connectivity index (χ2n) is 5.98. The Labute approximate surface area is 121 Å². The van der Waals surface area contributed by atoms with Crippen LogP contribution in [0.25, 0.3) is 0 Å². The highest BCUT2D eigenvalue weighted by atomic mass is 16.2. The van der Waals surface area contributed by atoms with Gasteiger partial charge in [-0.25, -0.2) is 0 Å². The fourth-order valence-electron chi connectivity index (χ4n) is 3.11. The van der Waals surface area contributed by atoms with Gasteiger partial charge in [-0.1, -0.05) is 20.3 Å². The first-order valence-electron chi connectivity index (χ1n) is 7.47. The highest BCUT2D eigenvalue weighted by molar-refractivity contribution is 5.92. The van der Waals surface area contributed by atoms with E-state index >= 15 is 0 Å². The summed E-state index contributed by atoms with van der Waals surface area (Å²) in [5.41, 5.74) is 1.50. The number of hydrogen-bond donors (Lipinski definition) is 1. The third-order valence-corrected chi connectivity index (χ3v) is 4.49. The second kappa shape index (κ2) is 6.25. The van der Waals surface area contributed by atoms with Gasteiger partial charge in [0, 0.05) is 32.0 Å². The van der Waals surface area contributed by atoms with Crippen molar-refractivity contribution in [3.05, 3.63) is 24.0 Å². The van der Waals surface area contributed by atoms with Crippen LogP contribution in [-0.2, 0) is 0 Å². The molecule has 0 spiro atoms. The first kappa shape index (κ1) is 14.8. The molecule has 0 radical (unpaired) electrons. The van der Waals surface area contributed by atoms with Gasteiger partial charge in [0.2, 0.25) is 0 Å². The zero-order valence-corrected chi connectivity index (χ0v) is 12.9. The highest BCUT2D eigenvalue weighted by Crippen LogP contribution is 2.35. The summed E-state index contributed by atoms with van der Waals surface area (Å²) < 4.78 is 0. The Balaban J connectivity index is 2.07. The maximum atomic E-state index is 11.9. The molecule has 0 aromatic carbocycles. The SMILES string of the molecule is CCC1CCC(Nc2ccnc(C(=O)N(C)C)c2)C1C. The Bertz CT molecular complexity index is 473. The van der Waals surface area contributed by atoms with Crippen LogP contribution in [0.15, 0.2) is 18.3 Å². The maximum Gasteiger partial charge on any atom is 0.272 e. The minimum atomic E-state index is -0.0560. The number of nitrogens with zero attached hydrogens (tertiary/aromatic N) is 2. The molecule has 0 aliphatic heterocycles. The van der Waals surface area contributed by atoms with Crippen LogP contribution >= 0.6 is 0 Å². The van der Waals surface area contributed by atoms with E-state index in [1.807, 2.05) is 12.1 Å². The van der Waals surface area contributed by atoms with Crippen LogP contribution in [0.4, 0.5) is 5.69 Å². The predicted octanol–water partition coefficient (Wildman–Crippen LogP) is 3.02. The molecule has 1 heterocycles. The quantitative estimate of drug-likeness (QED) is 0.918. The van der Waals surface area contributed by atoms with E-state index in [-0.39, 0.29) is 5.91 Å². The van der Waals surface area contributed by atoms with Crippen LogP contribution in [0.5, 0.6) is 0 Å². The summed E-state index contributed by atoms with van der Waals surface area (Å²) in [7, 11) is 3.49. The van der Waals surface area contributed by atoms with E-state index in [1.54, 1.807) is 25.2 Å². The fraction of sp³-hybridized carbons (Fsp3) is 0.625. The van der Waals surface area contributed by atoms with E-state index in [1.165, 1.54) is 19.3 Å². The first-order valence-corrected chi connectivity index (χ1v) is 7.47. The van der Waals surface area contributed by atoms with Gasteiger partial charge in [-0.3, -0.25) is 9.78 Å². The topological polar surface area (TPSA) is 45.2 Å². The van der Waals surface area contributed by atoms with Crippen LogP contribution < -0.4 is 5.32 Å². The number of carbonyl (C=O) groups is 1. The fourth-order valence-corrected chi connectivity index (χ4v) is 3.11. The molecule has 1 amide bonds. The summed E-state index contributed by atoms with van der Waals surface area (Å²) in [6, 6.07) is 4.30. The molecule has 0 bridgehead atoms. The summed E-state index contributed by atoms with van der Waals surface area (Å²) in [6.07, 6.45) is 5.46. The molecule has 3 unspecified atom stereocenters. The number of nitrogens with one attached hydrogen (secondary N) is 1. The predicted molar refractivity (Wildman–Crippen MR) is 81.8 cm³/mol. The zero-order chi connectivity index (χ0) is 14.7. The minimum Gasteiger partial charge on any atom is -0.382 e. The van der Waals surface area contributed by atoms with Gasteiger partial charge in [0.15, 0.2) is 0 Å². The number of aromatic nitrogens is 1. The lowest BCUT2D eigenvalue weighted by molar-refractivity contribution is 0.0822. The lowest BCUT2D eigenvalue weighted by atomic mass is 9.93. The third kappa shape index (κ3) is 3.11. The molecule has 1 saturated carbocycles. The Hall–Kier alpha value is -1.58. The molecule has 20 heavy (non-hydrogen) atoms. The molecule has 1 aliphatic carbocycles. The van der Waals surface area contributed by atoms with Crippen LogP contribution in [-0.4, -0.2) is 35.9 Å². The zero-order valence-electron chi connectivity index (χ0n) is 12.9. The largest absolute Gasteiger partial charge is 0.382 e. The lowest BCUT2D eigenvalue weighted by Crippen LogP contribution is -2.26. The monoisotopic (exact) mass is 275 g/mol. The number of hydrogen-bond acceptors (Lipinski definition) is 3. The van der Waals surface area contributed by atoms with Crippen molar-refractivity contribution in [1.82, 2.24) is 9.88 Å². The van der Waals surface area contributed by atoms with Crippen molar-refractivity contribution in [2.75, 3.05) is 19.4 Å². The molecule has 4 nitrogen and oxygen atoms in total. The van der Waals surface area contributed by atoms with Crippen molar-refractivity contribution in [2.45, 2.75) is 39.2 Å². The van der Waals surface area contributed by atoms with E-state index < -0.39 is 0 Å². The minimum absolute atomic E-state index is 0.0560.